The molecular formula is C13H12BrN3. The number of rotatable bonds is 2. The van der Waals surface area contributed by atoms with Crippen molar-refractivity contribution in [2.45, 2.75) is 25.7 Å². The second-order valence-electron chi connectivity index (χ2n) is 4.39. The Labute approximate surface area is 108 Å². The van der Waals surface area contributed by atoms with Crippen molar-refractivity contribution in [2.24, 2.45) is 0 Å². The van der Waals surface area contributed by atoms with Gasteiger partial charge in [-0.15, -0.1) is 0 Å². The Bertz CT molecular complexity index is 564. The van der Waals surface area contributed by atoms with Crippen LogP contribution in [-0.4, -0.2) is 15.0 Å². The second-order valence-corrected chi connectivity index (χ2v) is 5.21. The lowest BCUT2D eigenvalue weighted by Gasteiger charge is -2.05. The molecule has 0 aliphatic heterocycles. The van der Waals surface area contributed by atoms with Crippen molar-refractivity contribution in [1.29, 1.82) is 0 Å². The van der Waals surface area contributed by atoms with E-state index in [-0.39, 0.29) is 0 Å². The van der Waals surface area contributed by atoms with Gasteiger partial charge in [0.25, 0.3) is 0 Å². The average molecular weight is 290 g/mol. The molecule has 1 aliphatic carbocycles. The van der Waals surface area contributed by atoms with Gasteiger partial charge in [-0.25, -0.2) is 9.97 Å². The molecule has 1 saturated carbocycles. The van der Waals surface area contributed by atoms with Crippen LogP contribution in [-0.2, 0) is 0 Å². The fourth-order valence-corrected chi connectivity index (χ4v) is 2.21. The summed E-state index contributed by atoms with van der Waals surface area (Å²) in [5, 5.41) is 0. The standard InChI is InChI=1S/C13H12BrN3/c1-8-6-10(4-5-15-8)11-7-12(14)17-13(16-11)9-2-3-9/h4-7,9H,2-3H2,1H3. The first-order valence-electron chi connectivity index (χ1n) is 5.70. The van der Waals surface area contributed by atoms with E-state index in [1.807, 2.05) is 31.3 Å². The number of hydrogen-bond donors (Lipinski definition) is 0. The molecule has 0 aromatic carbocycles. The predicted octanol–water partition coefficient (Wildman–Crippen LogP) is 3.49. The lowest BCUT2D eigenvalue weighted by Crippen LogP contribution is -1.96. The van der Waals surface area contributed by atoms with Gasteiger partial charge < -0.3 is 0 Å². The molecular weight excluding hydrogens is 278 g/mol. The van der Waals surface area contributed by atoms with Crippen LogP contribution in [0.15, 0.2) is 29.0 Å². The Hall–Kier alpha value is -1.29. The van der Waals surface area contributed by atoms with Crippen molar-refractivity contribution >= 4 is 15.9 Å². The zero-order valence-corrected chi connectivity index (χ0v) is 11.1. The Morgan fingerprint density at radius 1 is 1.24 bits per heavy atom. The summed E-state index contributed by atoms with van der Waals surface area (Å²) < 4.78 is 0.860. The van der Waals surface area contributed by atoms with Crippen molar-refractivity contribution in [1.82, 2.24) is 15.0 Å². The molecule has 4 heteroatoms. The molecule has 86 valence electrons. The van der Waals surface area contributed by atoms with Crippen LogP contribution in [0, 0.1) is 6.92 Å². The number of pyridine rings is 1. The highest BCUT2D eigenvalue weighted by Gasteiger charge is 2.27. The Kier molecular flexibility index (Phi) is 2.67. The van der Waals surface area contributed by atoms with Crippen molar-refractivity contribution in [3.63, 3.8) is 0 Å². The summed E-state index contributed by atoms with van der Waals surface area (Å²) in [6, 6.07) is 5.99. The summed E-state index contributed by atoms with van der Waals surface area (Å²) in [6.07, 6.45) is 4.24. The second kappa shape index (κ2) is 4.18. The van der Waals surface area contributed by atoms with E-state index in [1.54, 1.807) is 0 Å². The third-order valence-corrected chi connectivity index (χ3v) is 3.25. The molecule has 1 aliphatic rings. The fraction of sp³-hybridized carbons (Fsp3) is 0.308. The van der Waals surface area contributed by atoms with Crippen molar-refractivity contribution in [3.8, 4) is 11.3 Å². The minimum atomic E-state index is 0.564. The van der Waals surface area contributed by atoms with Crippen LogP contribution in [0.1, 0.15) is 30.3 Å². The maximum Gasteiger partial charge on any atom is 0.133 e. The summed E-state index contributed by atoms with van der Waals surface area (Å²) in [7, 11) is 0. The average Bonchev–Trinajstić information content (AvgIpc) is 3.12. The molecule has 0 spiro atoms. The van der Waals surface area contributed by atoms with Gasteiger partial charge in [-0.2, -0.15) is 0 Å². The lowest BCUT2D eigenvalue weighted by molar-refractivity contribution is 0.919. The molecule has 0 unspecified atom stereocenters. The number of aryl methyl sites for hydroxylation is 1. The molecule has 3 rings (SSSR count). The van der Waals surface area contributed by atoms with Crippen molar-refractivity contribution in [2.75, 3.05) is 0 Å². The van der Waals surface area contributed by atoms with E-state index in [4.69, 9.17) is 0 Å². The van der Waals surface area contributed by atoms with Crippen LogP contribution in [0.5, 0.6) is 0 Å². The zero-order valence-electron chi connectivity index (χ0n) is 9.52. The quantitative estimate of drug-likeness (QED) is 0.795. The number of nitrogens with zero attached hydrogens (tertiary/aromatic N) is 3. The van der Waals surface area contributed by atoms with E-state index >= 15 is 0 Å². The first kappa shape index (κ1) is 10.8. The molecule has 0 atom stereocenters. The lowest BCUT2D eigenvalue weighted by atomic mass is 10.1. The highest BCUT2D eigenvalue weighted by molar-refractivity contribution is 9.10. The highest BCUT2D eigenvalue weighted by atomic mass is 79.9. The zero-order chi connectivity index (χ0) is 11.8. The first-order chi connectivity index (χ1) is 8.22. The molecule has 0 radical (unpaired) electrons. The topological polar surface area (TPSA) is 38.7 Å². The molecule has 2 aromatic heterocycles. The largest absolute Gasteiger partial charge is 0.262 e. The maximum atomic E-state index is 4.64. The van der Waals surface area contributed by atoms with E-state index < -0.39 is 0 Å². The molecule has 2 heterocycles. The van der Waals surface area contributed by atoms with Gasteiger partial charge in [-0.1, -0.05) is 0 Å². The Balaban J connectivity index is 2.07. The normalized spacial score (nSPS) is 14.9. The van der Waals surface area contributed by atoms with Gasteiger partial charge in [0.1, 0.15) is 10.4 Å². The molecule has 0 N–H and O–H groups in total. The first-order valence-corrected chi connectivity index (χ1v) is 6.49. The third kappa shape index (κ3) is 2.36. The van der Waals surface area contributed by atoms with Crippen LogP contribution in [0.3, 0.4) is 0 Å². The summed E-state index contributed by atoms with van der Waals surface area (Å²) in [4.78, 5) is 13.3. The van der Waals surface area contributed by atoms with Crippen LogP contribution >= 0.6 is 15.9 Å². The minimum Gasteiger partial charge on any atom is -0.262 e. The molecule has 3 nitrogen and oxygen atoms in total. The molecule has 0 amide bonds. The summed E-state index contributed by atoms with van der Waals surface area (Å²) in [5.41, 5.74) is 3.08. The predicted molar refractivity (Wildman–Crippen MR) is 69.7 cm³/mol. The summed E-state index contributed by atoms with van der Waals surface area (Å²) in [6.45, 7) is 1.99. The number of halogens is 1. The van der Waals surface area contributed by atoms with Gasteiger partial charge in [0.15, 0.2) is 0 Å². The van der Waals surface area contributed by atoms with E-state index in [0.717, 1.165) is 27.4 Å². The molecule has 2 aromatic rings. The van der Waals surface area contributed by atoms with Crippen LogP contribution in [0.2, 0.25) is 0 Å². The smallest absolute Gasteiger partial charge is 0.133 e. The van der Waals surface area contributed by atoms with E-state index in [1.165, 1.54) is 12.8 Å². The molecule has 0 bridgehead atoms. The van der Waals surface area contributed by atoms with Gasteiger partial charge in [0.05, 0.1) is 5.69 Å². The number of aromatic nitrogens is 3. The molecule has 1 fully saturated rings. The molecule has 0 saturated heterocycles. The summed E-state index contributed by atoms with van der Waals surface area (Å²) >= 11 is 3.46. The van der Waals surface area contributed by atoms with Gasteiger partial charge >= 0.3 is 0 Å². The Morgan fingerprint density at radius 3 is 2.76 bits per heavy atom. The molecule has 17 heavy (non-hydrogen) atoms. The number of hydrogen-bond acceptors (Lipinski definition) is 3. The Morgan fingerprint density at radius 2 is 2.06 bits per heavy atom. The van der Waals surface area contributed by atoms with Gasteiger partial charge in [-0.05, 0) is 53.9 Å². The van der Waals surface area contributed by atoms with Crippen LogP contribution < -0.4 is 0 Å². The SMILES string of the molecule is Cc1cc(-c2cc(Br)nc(C3CC3)n2)ccn1. The van der Waals surface area contributed by atoms with E-state index in [0.29, 0.717) is 5.92 Å². The van der Waals surface area contributed by atoms with Crippen molar-refractivity contribution < 1.29 is 0 Å². The highest BCUT2D eigenvalue weighted by Crippen LogP contribution is 2.39. The van der Waals surface area contributed by atoms with Crippen LogP contribution in [0.25, 0.3) is 11.3 Å². The maximum absolute atomic E-state index is 4.64. The fourth-order valence-electron chi connectivity index (χ4n) is 1.81. The summed E-state index contributed by atoms with van der Waals surface area (Å²) in [5.74, 6) is 1.53. The van der Waals surface area contributed by atoms with Crippen molar-refractivity contribution in [3.05, 3.63) is 40.5 Å². The van der Waals surface area contributed by atoms with Gasteiger partial charge in [0.2, 0.25) is 0 Å². The minimum absolute atomic E-state index is 0.564. The van der Waals surface area contributed by atoms with E-state index in [9.17, 15) is 0 Å². The van der Waals surface area contributed by atoms with E-state index in [2.05, 4.69) is 30.9 Å². The monoisotopic (exact) mass is 289 g/mol. The third-order valence-electron chi connectivity index (χ3n) is 2.85. The van der Waals surface area contributed by atoms with Crippen LogP contribution in [0.4, 0.5) is 0 Å². The van der Waals surface area contributed by atoms with Gasteiger partial charge in [0, 0.05) is 23.4 Å². The van der Waals surface area contributed by atoms with Gasteiger partial charge in [-0.3, -0.25) is 4.98 Å².